The van der Waals surface area contributed by atoms with E-state index in [0.717, 1.165) is 32.1 Å². The van der Waals surface area contributed by atoms with Crippen molar-refractivity contribution in [3.05, 3.63) is 0 Å². The average Bonchev–Trinajstić information content (AvgIpc) is 3.00. The zero-order valence-electron chi connectivity index (χ0n) is 18.8. The summed E-state index contributed by atoms with van der Waals surface area (Å²) in [4.78, 5) is 11.4. The van der Waals surface area contributed by atoms with E-state index in [-0.39, 0.29) is 29.0 Å². The average molecular weight is 407 g/mol. The molecule has 0 aromatic rings. The quantitative estimate of drug-likeness (QED) is 0.631. The molecular formula is C25H42O4. The van der Waals surface area contributed by atoms with E-state index < -0.39 is 5.97 Å². The van der Waals surface area contributed by atoms with Crippen molar-refractivity contribution in [1.29, 1.82) is 0 Å². The summed E-state index contributed by atoms with van der Waals surface area (Å²) in [7, 11) is 0. The van der Waals surface area contributed by atoms with Crippen molar-refractivity contribution in [3.63, 3.8) is 0 Å². The number of aliphatic hydroxyl groups is 2. The SMILES string of the molecule is C[C@H](C[C@H](C)C(=O)O)C1CCC2C3C(CC[C@@]21C)[C@@]1(C)CC[C@@H](O)CC1C[C@H]3O. The largest absolute Gasteiger partial charge is 0.481 e. The summed E-state index contributed by atoms with van der Waals surface area (Å²) >= 11 is 0. The summed E-state index contributed by atoms with van der Waals surface area (Å²) in [5.41, 5.74) is 0.503. The van der Waals surface area contributed by atoms with Crippen LogP contribution in [0.5, 0.6) is 0 Å². The fraction of sp³-hybridized carbons (Fsp3) is 0.960. The summed E-state index contributed by atoms with van der Waals surface area (Å²) < 4.78 is 0. The lowest BCUT2D eigenvalue weighted by Crippen LogP contribution is -2.58. The van der Waals surface area contributed by atoms with Gasteiger partial charge in [-0.3, -0.25) is 4.79 Å². The Kier molecular flexibility index (Phi) is 5.60. The Bertz CT molecular complexity index is 634. The number of carboxylic acid groups (broad SMARTS) is 1. The van der Waals surface area contributed by atoms with Crippen molar-refractivity contribution in [1.82, 2.24) is 0 Å². The van der Waals surface area contributed by atoms with E-state index in [2.05, 4.69) is 20.8 Å². The fourth-order valence-corrected chi connectivity index (χ4v) is 9.00. The van der Waals surface area contributed by atoms with Crippen LogP contribution in [-0.4, -0.2) is 33.5 Å². The first-order chi connectivity index (χ1) is 13.6. The van der Waals surface area contributed by atoms with Crippen LogP contribution >= 0.6 is 0 Å². The Morgan fingerprint density at radius 3 is 2.31 bits per heavy atom. The number of carbonyl (C=O) groups is 1. The highest BCUT2D eigenvalue weighted by atomic mass is 16.4. The van der Waals surface area contributed by atoms with Gasteiger partial charge in [0, 0.05) is 0 Å². The van der Waals surface area contributed by atoms with E-state index in [1.807, 2.05) is 6.92 Å². The van der Waals surface area contributed by atoms with Gasteiger partial charge < -0.3 is 15.3 Å². The molecule has 4 nitrogen and oxygen atoms in total. The highest BCUT2D eigenvalue weighted by Gasteiger charge is 2.62. The van der Waals surface area contributed by atoms with Crippen molar-refractivity contribution in [2.45, 2.75) is 97.7 Å². The molecule has 4 saturated carbocycles. The lowest BCUT2D eigenvalue weighted by molar-refractivity contribution is -0.174. The molecule has 0 aromatic heterocycles. The minimum atomic E-state index is -0.679. The topological polar surface area (TPSA) is 77.8 Å². The fourth-order valence-electron chi connectivity index (χ4n) is 9.00. The van der Waals surface area contributed by atoms with Gasteiger partial charge in [-0.15, -0.1) is 0 Å². The van der Waals surface area contributed by atoms with E-state index in [0.29, 0.717) is 35.5 Å². The van der Waals surface area contributed by atoms with Gasteiger partial charge in [0.1, 0.15) is 0 Å². The second kappa shape index (κ2) is 7.51. The van der Waals surface area contributed by atoms with Crippen LogP contribution < -0.4 is 0 Å². The Morgan fingerprint density at radius 1 is 0.966 bits per heavy atom. The van der Waals surface area contributed by atoms with Crippen LogP contribution in [0.2, 0.25) is 0 Å². The van der Waals surface area contributed by atoms with Crippen LogP contribution in [0.4, 0.5) is 0 Å². The molecule has 4 rings (SSSR count). The molecule has 0 radical (unpaired) electrons. The first-order valence-corrected chi connectivity index (χ1v) is 12.2. The van der Waals surface area contributed by atoms with Crippen LogP contribution in [-0.2, 0) is 4.79 Å². The van der Waals surface area contributed by atoms with Gasteiger partial charge in [0.25, 0.3) is 0 Å². The van der Waals surface area contributed by atoms with Crippen molar-refractivity contribution >= 4 is 5.97 Å². The van der Waals surface area contributed by atoms with Crippen LogP contribution in [0.1, 0.15) is 85.5 Å². The molecule has 0 spiro atoms. The maximum absolute atomic E-state index is 11.4. The Balaban J connectivity index is 1.56. The summed E-state index contributed by atoms with van der Waals surface area (Å²) in [6, 6.07) is 0. The van der Waals surface area contributed by atoms with Gasteiger partial charge in [-0.25, -0.2) is 0 Å². The second-order valence-corrected chi connectivity index (χ2v) is 11.9. The zero-order chi connectivity index (χ0) is 21.1. The molecule has 4 aliphatic carbocycles. The monoisotopic (exact) mass is 406 g/mol. The lowest BCUT2D eigenvalue weighted by atomic mass is 9.43. The van der Waals surface area contributed by atoms with Gasteiger partial charge >= 0.3 is 5.97 Å². The predicted molar refractivity (Wildman–Crippen MR) is 113 cm³/mol. The molecule has 29 heavy (non-hydrogen) atoms. The highest BCUT2D eigenvalue weighted by molar-refractivity contribution is 5.69. The van der Waals surface area contributed by atoms with Crippen molar-refractivity contribution in [2.24, 2.45) is 52.3 Å². The molecule has 4 fully saturated rings. The predicted octanol–water partition coefficient (Wildman–Crippen LogP) is 4.72. The molecular weight excluding hydrogens is 364 g/mol. The Labute approximate surface area is 176 Å². The summed E-state index contributed by atoms with van der Waals surface area (Å²) in [6.45, 7) is 9.02. The smallest absolute Gasteiger partial charge is 0.306 e. The molecule has 4 heteroatoms. The molecule has 5 unspecified atom stereocenters. The first kappa shape index (κ1) is 21.6. The van der Waals surface area contributed by atoms with E-state index >= 15 is 0 Å². The second-order valence-electron chi connectivity index (χ2n) is 11.9. The van der Waals surface area contributed by atoms with Crippen LogP contribution in [0.15, 0.2) is 0 Å². The van der Waals surface area contributed by atoms with Gasteiger partial charge in [0.15, 0.2) is 0 Å². The number of rotatable bonds is 4. The molecule has 3 N–H and O–H groups in total. The maximum Gasteiger partial charge on any atom is 0.306 e. The number of aliphatic hydroxyl groups excluding tert-OH is 2. The van der Waals surface area contributed by atoms with Gasteiger partial charge in [0.2, 0.25) is 0 Å². The van der Waals surface area contributed by atoms with E-state index in [9.17, 15) is 20.1 Å². The summed E-state index contributed by atoms with van der Waals surface area (Å²) in [5.74, 6) is 2.02. The molecule has 0 saturated heterocycles. The number of aliphatic carboxylic acids is 1. The molecule has 0 heterocycles. The Hall–Kier alpha value is -0.610. The van der Waals surface area contributed by atoms with E-state index in [4.69, 9.17) is 0 Å². The molecule has 0 aromatic carbocycles. The van der Waals surface area contributed by atoms with Gasteiger partial charge in [-0.05, 0) is 104 Å². The third kappa shape index (κ3) is 3.37. The van der Waals surface area contributed by atoms with Crippen molar-refractivity contribution < 1.29 is 20.1 Å². The van der Waals surface area contributed by atoms with Gasteiger partial charge in [-0.1, -0.05) is 27.7 Å². The third-order valence-electron chi connectivity index (χ3n) is 10.6. The van der Waals surface area contributed by atoms with Crippen LogP contribution in [0, 0.1) is 52.3 Å². The Morgan fingerprint density at radius 2 is 1.62 bits per heavy atom. The molecule has 0 amide bonds. The molecule has 166 valence electrons. The van der Waals surface area contributed by atoms with E-state index in [1.54, 1.807) is 0 Å². The van der Waals surface area contributed by atoms with Crippen molar-refractivity contribution in [2.75, 3.05) is 0 Å². The number of carboxylic acids is 1. The number of fused-ring (bicyclic) bond motifs is 5. The lowest BCUT2D eigenvalue weighted by Gasteiger charge is -2.62. The maximum atomic E-state index is 11.4. The number of hydrogen-bond acceptors (Lipinski definition) is 3. The van der Waals surface area contributed by atoms with E-state index in [1.165, 1.54) is 25.7 Å². The number of hydrogen-bond donors (Lipinski definition) is 3. The highest BCUT2D eigenvalue weighted by Crippen LogP contribution is 2.68. The van der Waals surface area contributed by atoms with Crippen LogP contribution in [0.3, 0.4) is 0 Å². The normalized spacial score (nSPS) is 51.4. The van der Waals surface area contributed by atoms with Crippen molar-refractivity contribution in [3.8, 4) is 0 Å². The van der Waals surface area contributed by atoms with Gasteiger partial charge in [-0.2, -0.15) is 0 Å². The standard InChI is InChI=1S/C25H42O4/c1-14(11-15(2)23(28)29)18-5-6-19-22-20(8-10-25(18,19)4)24(3)9-7-17(26)12-16(24)13-21(22)27/h14-22,26-27H,5-13H2,1-4H3,(H,28,29)/t14-,15+,16?,17-,18?,19?,20?,21-,22?,24+,25-/m1/s1. The minimum Gasteiger partial charge on any atom is -0.481 e. The molecule has 0 bridgehead atoms. The molecule has 4 aliphatic rings. The minimum absolute atomic E-state index is 0.182. The molecule has 0 aliphatic heterocycles. The van der Waals surface area contributed by atoms with Crippen LogP contribution in [0.25, 0.3) is 0 Å². The zero-order valence-corrected chi connectivity index (χ0v) is 18.8. The van der Waals surface area contributed by atoms with Gasteiger partial charge in [0.05, 0.1) is 18.1 Å². The molecule has 11 atom stereocenters. The first-order valence-electron chi connectivity index (χ1n) is 12.2. The summed E-state index contributed by atoms with van der Waals surface area (Å²) in [5, 5.41) is 30.9. The third-order valence-corrected chi connectivity index (χ3v) is 10.6. The summed E-state index contributed by atoms with van der Waals surface area (Å²) in [6.07, 6.45) is 8.87.